The average Bonchev–Trinajstić information content (AvgIpc) is 2.13. The van der Waals surface area contributed by atoms with E-state index in [4.69, 9.17) is 0 Å². The molecular formula is C14H20N2O. The minimum Gasteiger partial charge on any atom is -0.382 e. The van der Waals surface area contributed by atoms with Crippen LogP contribution in [-0.4, -0.2) is 11.9 Å². The Hall–Kier alpha value is -1.51. The van der Waals surface area contributed by atoms with Crippen molar-refractivity contribution in [2.24, 2.45) is 0 Å². The van der Waals surface area contributed by atoms with E-state index >= 15 is 0 Å². The van der Waals surface area contributed by atoms with E-state index in [0.29, 0.717) is 6.04 Å². The fourth-order valence-electron chi connectivity index (χ4n) is 2.73. The molecule has 2 N–H and O–H groups in total. The summed E-state index contributed by atoms with van der Waals surface area (Å²) in [6.45, 7) is 7.94. The molecule has 0 unspecified atom stereocenters. The molecule has 1 heterocycles. The molecule has 2 atom stereocenters. The van der Waals surface area contributed by atoms with Gasteiger partial charge in [-0.1, -0.05) is 6.07 Å². The highest BCUT2D eigenvalue weighted by Gasteiger charge is 2.26. The van der Waals surface area contributed by atoms with Crippen LogP contribution in [0.25, 0.3) is 0 Å². The van der Waals surface area contributed by atoms with Gasteiger partial charge in [-0.15, -0.1) is 0 Å². The number of aryl methyl sites for hydroxylation is 2. The van der Waals surface area contributed by atoms with Crippen molar-refractivity contribution in [2.45, 2.75) is 46.2 Å². The Morgan fingerprint density at radius 1 is 1.41 bits per heavy atom. The predicted octanol–water partition coefficient (Wildman–Crippen LogP) is 2.68. The Balaban J connectivity index is 2.44. The molecule has 92 valence electrons. The van der Waals surface area contributed by atoms with Gasteiger partial charge < -0.3 is 10.6 Å². The monoisotopic (exact) mass is 232 g/mol. The molecule has 3 nitrogen and oxygen atoms in total. The summed E-state index contributed by atoms with van der Waals surface area (Å²) >= 11 is 0. The number of benzene rings is 1. The van der Waals surface area contributed by atoms with Gasteiger partial charge in [0.25, 0.3) is 0 Å². The van der Waals surface area contributed by atoms with Crippen LogP contribution in [0.5, 0.6) is 0 Å². The lowest BCUT2D eigenvalue weighted by molar-refractivity contribution is -0.119. The standard InChI is InChI=1S/C14H20N2O/c1-8-5-9(2)14-12(6-8)15-10(3)7-13(14)16-11(4)17/h5-6,10,13,15H,7H2,1-4H3,(H,16,17)/t10-,13+/m1/s1. The van der Waals surface area contributed by atoms with Crippen LogP contribution < -0.4 is 10.6 Å². The second-order valence-electron chi connectivity index (χ2n) is 5.08. The first kappa shape index (κ1) is 12.0. The molecule has 2 rings (SSSR count). The number of fused-ring (bicyclic) bond motifs is 1. The number of carbonyl (C=O) groups is 1. The van der Waals surface area contributed by atoms with Crippen molar-refractivity contribution >= 4 is 11.6 Å². The Kier molecular flexibility index (Phi) is 3.09. The molecule has 1 amide bonds. The molecule has 17 heavy (non-hydrogen) atoms. The molecule has 1 aliphatic heterocycles. The molecule has 0 radical (unpaired) electrons. The summed E-state index contributed by atoms with van der Waals surface area (Å²) < 4.78 is 0. The molecule has 1 aromatic carbocycles. The van der Waals surface area contributed by atoms with E-state index in [9.17, 15) is 4.79 Å². The van der Waals surface area contributed by atoms with Crippen LogP contribution in [0.3, 0.4) is 0 Å². The lowest BCUT2D eigenvalue weighted by atomic mass is 9.89. The van der Waals surface area contributed by atoms with E-state index < -0.39 is 0 Å². The maximum atomic E-state index is 11.3. The van der Waals surface area contributed by atoms with E-state index in [1.165, 1.54) is 22.4 Å². The van der Waals surface area contributed by atoms with E-state index in [-0.39, 0.29) is 11.9 Å². The maximum absolute atomic E-state index is 11.3. The SMILES string of the molecule is CC(=O)N[C@H]1C[C@@H](C)Nc2cc(C)cc(C)c21. The molecule has 1 aromatic rings. The van der Waals surface area contributed by atoms with Gasteiger partial charge in [0, 0.05) is 24.2 Å². The van der Waals surface area contributed by atoms with E-state index in [1.54, 1.807) is 6.92 Å². The van der Waals surface area contributed by atoms with E-state index in [1.807, 2.05) is 0 Å². The Labute approximate surface area is 103 Å². The summed E-state index contributed by atoms with van der Waals surface area (Å²) in [4.78, 5) is 11.3. The van der Waals surface area contributed by atoms with Crippen molar-refractivity contribution in [3.63, 3.8) is 0 Å². The third kappa shape index (κ3) is 2.43. The Morgan fingerprint density at radius 3 is 2.76 bits per heavy atom. The summed E-state index contributed by atoms with van der Waals surface area (Å²) in [6.07, 6.45) is 0.941. The molecule has 0 bridgehead atoms. The summed E-state index contributed by atoms with van der Waals surface area (Å²) in [6, 6.07) is 4.86. The van der Waals surface area contributed by atoms with Crippen molar-refractivity contribution in [1.82, 2.24) is 5.32 Å². The first-order valence-corrected chi connectivity index (χ1v) is 6.12. The zero-order valence-electron chi connectivity index (χ0n) is 10.9. The second-order valence-corrected chi connectivity index (χ2v) is 5.08. The van der Waals surface area contributed by atoms with Gasteiger partial charge in [0.2, 0.25) is 5.91 Å². The highest BCUT2D eigenvalue weighted by molar-refractivity contribution is 5.74. The van der Waals surface area contributed by atoms with Crippen molar-refractivity contribution < 1.29 is 4.79 Å². The fraction of sp³-hybridized carbons (Fsp3) is 0.500. The maximum Gasteiger partial charge on any atom is 0.217 e. The van der Waals surface area contributed by atoms with Crippen molar-refractivity contribution in [3.05, 3.63) is 28.8 Å². The van der Waals surface area contributed by atoms with Crippen LogP contribution in [0.1, 0.15) is 43.0 Å². The summed E-state index contributed by atoms with van der Waals surface area (Å²) in [7, 11) is 0. The van der Waals surface area contributed by atoms with Gasteiger partial charge in [-0.05, 0) is 44.4 Å². The number of anilines is 1. The highest BCUT2D eigenvalue weighted by atomic mass is 16.1. The zero-order valence-corrected chi connectivity index (χ0v) is 10.9. The topological polar surface area (TPSA) is 41.1 Å². The average molecular weight is 232 g/mol. The molecule has 0 spiro atoms. The van der Waals surface area contributed by atoms with Gasteiger partial charge in [0.15, 0.2) is 0 Å². The third-order valence-electron chi connectivity index (χ3n) is 3.25. The quantitative estimate of drug-likeness (QED) is 0.781. The lowest BCUT2D eigenvalue weighted by Crippen LogP contribution is -2.35. The number of nitrogens with one attached hydrogen (secondary N) is 2. The molecule has 0 saturated heterocycles. The predicted molar refractivity (Wildman–Crippen MR) is 70.2 cm³/mol. The number of carbonyl (C=O) groups excluding carboxylic acids is 1. The van der Waals surface area contributed by atoms with Crippen molar-refractivity contribution in [2.75, 3.05) is 5.32 Å². The van der Waals surface area contributed by atoms with Crippen molar-refractivity contribution in [3.8, 4) is 0 Å². The van der Waals surface area contributed by atoms with Crippen molar-refractivity contribution in [1.29, 1.82) is 0 Å². The van der Waals surface area contributed by atoms with Gasteiger partial charge in [-0.2, -0.15) is 0 Å². The number of hydrogen-bond donors (Lipinski definition) is 2. The largest absolute Gasteiger partial charge is 0.382 e. The molecule has 0 aliphatic carbocycles. The normalized spacial score (nSPS) is 22.6. The summed E-state index contributed by atoms with van der Waals surface area (Å²) in [5.74, 6) is 0.0371. The molecule has 3 heteroatoms. The van der Waals surface area contributed by atoms with Crippen LogP contribution >= 0.6 is 0 Å². The van der Waals surface area contributed by atoms with Gasteiger partial charge in [-0.3, -0.25) is 4.79 Å². The minimum absolute atomic E-state index is 0.0371. The number of rotatable bonds is 1. The van der Waals surface area contributed by atoms with E-state index in [0.717, 1.165) is 6.42 Å². The fourth-order valence-corrected chi connectivity index (χ4v) is 2.73. The molecule has 0 aromatic heterocycles. The number of hydrogen-bond acceptors (Lipinski definition) is 2. The molecule has 1 aliphatic rings. The third-order valence-corrected chi connectivity index (χ3v) is 3.25. The van der Waals surface area contributed by atoms with Crippen LogP contribution in [0.15, 0.2) is 12.1 Å². The van der Waals surface area contributed by atoms with Gasteiger partial charge in [0.05, 0.1) is 6.04 Å². The van der Waals surface area contributed by atoms with Gasteiger partial charge in [-0.25, -0.2) is 0 Å². The van der Waals surface area contributed by atoms with Gasteiger partial charge >= 0.3 is 0 Å². The summed E-state index contributed by atoms with van der Waals surface area (Å²) in [5, 5.41) is 6.54. The van der Waals surface area contributed by atoms with Gasteiger partial charge in [0.1, 0.15) is 0 Å². The lowest BCUT2D eigenvalue weighted by Gasteiger charge is -2.33. The van der Waals surface area contributed by atoms with Crippen LogP contribution in [0, 0.1) is 13.8 Å². The molecule has 0 fully saturated rings. The molecule has 0 saturated carbocycles. The smallest absolute Gasteiger partial charge is 0.217 e. The zero-order chi connectivity index (χ0) is 12.6. The Morgan fingerprint density at radius 2 is 2.12 bits per heavy atom. The minimum atomic E-state index is 0.0371. The van der Waals surface area contributed by atoms with E-state index in [2.05, 4.69) is 43.5 Å². The van der Waals surface area contributed by atoms with Crippen LogP contribution in [0.2, 0.25) is 0 Å². The number of amides is 1. The second kappa shape index (κ2) is 4.40. The summed E-state index contributed by atoms with van der Waals surface area (Å²) in [5.41, 5.74) is 4.91. The first-order chi connectivity index (χ1) is 7.97. The van der Waals surface area contributed by atoms with Crippen LogP contribution in [0.4, 0.5) is 5.69 Å². The first-order valence-electron chi connectivity index (χ1n) is 6.12. The Bertz CT molecular complexity index is 454. The molecular weight excluding hydrogens is 212 g/mol. The van der Waals surface area contributed by atoms with Crippen LogP contribution in [-0.2, 0) is 4.79 Å². The highest BCUT2D eigenvalue weighted by Crippen LogP contribution is 2.35.